The van der Waals surface area contributed by atoms with Crippen LogP contribution in [0.3, 0.4) is 0 Å². The number of nitrogens with zero attached hydrogens (tertiary/aromatic N) is 1. The van der Waals surface area contributed by atoms with Gasteiger partial charge >= 0.3 is 0 Å². The fraction of sp³-hybridized carbons (Fsp3) is 0.562. The van der Waals surface area contributed by atoms with Gasteiger partial charge in [0.15, 0.2) is 0 Å². The van der Waals surface area contributed by atoms with Crippen molar-refractivity contribution in [2.45, 2.75) is 57.5 Å². The smallest absolute Gasteiger partial charge is 0.116 e. The van der Waals surface area contributed by atoms with E-state index in [1.807, 2.05) is 22.7 Å². The van der Waals surface area contributed by atoms with Gasteiger partial charge in [0.2, 0.25) is 0 Å². The van der Waals surface area contributed by atoms with Gasteiger partial charge in [-0.05, 0) is 67.4 Å². The molecule has 2 aliphatic rings. The summed E-state index contributed by atoms with van der Waals surface area (Å²) in [5.74, 6) is 0. The summed E-state index contributed by atoms with van der Waals surface area (Å²) in [6.07, 6.45) is 7.67. The molecule has 0 aliphatic heterocycles. The Morgan fingerprint density at radius 3 is 2.76 bits per heavy atom. The maximum Gasteiger partial charge on any atom is 0.116 e. The number of rotatable bonds is 4. The molecule has 1 fully saturated rings. The molecule has 5 heteroatoms. The molecule has 0 saturated heterocycles. The highest BCUT2D eigenvalue weighted by molar-refractivity contribution is 9.10. The zero-order valence-electron chi connectivity index (χ0n) is 12.1. The molecule has 1 N–H and O–H groups in total. The second-order valence-corrected chi connectivity index (χ2v) is 9.31. The van der Waals surface area contributed by atoms with Crippen LogP contribution in [0.2, 0.25) is 0 Å². The van der Waals surface area contributed by atoms with E-state index in [1.165, 1.54) is 68.3 Å². The van der Waals surface area contributed by atoms with Crippen LogP contribution in [0.25, 0.3) is 0 Å². The van der Waals surface area contributed by atoms with Crippen molar-refractivity contribution in [2.24, 2.45) is 0 Å². The summed E-state index contributed by atoms with van der Waals surface area (Å²) in [6, 6.07) is 3.26. The zero-order valence-corrected chi connectivity index (χ0v) is 15.3. The minimum atomic E-state index is 0.295. The molecular formula is C16H19BrN2S2. The Hall–Kier alpha value is -0.230. The zero-order chi connectivity index (χ0) is 14.4. The summed E-state index contributed by atoms with van der Waals surface area (Å²) in [7, 11) is 0. The van der Waals surface area contributed by atoms with E-state index in [9.17, 15) is 0 Å². The monoisotopic (exact) mass is 382 g/mol. The van der Waals surface area contributed by atoms with Crippen LogP contribution in [-0.4, -0.2) is 11.0 Å². The van der Waals surface area contributed by atoms with Crippen molar-refractivity contribution >= 4 is 38.6 Å². The molecule has 2 heterocycles. The summed E-state index contributed by atoms with van der Waals surface area (Å²) in [4.78, 5) is 9.28. The van der Waals surface area contributed by atoms with Gasteiger partial charge in [-0.2, -0.15) is 0 Å². The Bertz CT molecular complexity index is 614. The molecule has 0 radical (unpaired) electrons. The third kappa shape index (κ3) is 2.98. The van der Waals surface area contributed by atoms with E-state index in [0.29, 0.717) is 12.1 Å². The number of halogens is 1. The molecule has 1 unspecified atom stereocenters. The van der Waals surface area contributed by atoms with Crippen molar-refractivity contribution < 1.29 is 0 Å². The Kier molecular flexibility index (Phi) is 3.94. The number of fused-ring (bicyclic) bond motifs is 1. The highest BCUT2D eigenvalue weighted by Crippen LogP contribution is 2.39. The topological polar surface area (TPSA) is 24.9 Å². The van der Waals surface area contributed by atoms with E-state index < -0.39 is 0 Å². The van der Waals surface area contributed by atoms with Gasteiger partial charge in [-0.25, -0.2) is 4.98 Å². The van der Waals surface area contributed by atoms with Crippen LogP contribution < -0.4 is 5.32 Å². The van der Waals surface area contributed by atoms with Crippen molar-refractivity contribution in [1.82, 2.24) is 10.3 Å². The average Bonchev–Trinajstić information content (AvgIpc) is 3.10. The minimum absolute atomic E-state index is 0.295. The second-order valence-electron chi connectivity index (χ2n) is 6.06. The van der Waals surface area contributed by atoms with Crippen LogP contribution in [0.1, 0.15) is 57.1 Å². The molecule has 1 atom stereocenters. The molecule has 1 saturated carbocycles. The molecule has 0 bridgehead atoms. The number of aryl methyl sites for hydroxylation is 3. The molecule has 21 heavy (non-hydrogen) atoms. The fourth-order valence-electron chi connectivity index (χ4n) is 2.88. The van der Waals surface area contributed by atoms with E-state index in [1.54, 1.807) is 0 Å². The lowest BCUT2D eigenvalue weighted by Gasteiger charge is -2.14. The first-order chi connectivity index (χ1) is 10.2. The van der Waals surface area contributed by atoms with Gasteiger partial charge in [0.05, 0.1) is 11.7 Å². The molecule has 0 spiro atoms. The second kappa shape index (κ2) is 5.76. The molecule has 0 aromatic carbocycles. The van der Waals surface area contributed by atoms with Gasteiger partial charge < -0.3 is 5.32 Å². The van der Waals surface area contributed by atoms with E-state index in [-0.39, 0.29) is 0 Å². The number of hydrogen-bond acceptors (Lipinski definition) is 4. The Morgan fingerprint density at radius 1 is 1.29 bits per heavy atom. The van der Waals surface area contributed by atoms with Crippen LogP contribution >= 0.6 is 38.6 Å². The summed E-state index contributed by atoms with van der Waals surface area (Å²) in [5.41, 5.74) is 1.37. The van der Waals surface area contributed by atoms with Crippen molar-refractivity contribution in [3.8, 4) is 0 Å². The van der Waals surface area contributed by atoms with Crippen molar-refractivity contribution in [1.29, 1.82) is 0 Å². The van der Waals surface area contributed by atoms with Crippen molar-refractivity contribution in [3.05, 3.63) is 35.9 Å². The van der Waals surface area contributed by atoms with Gasteiger partial charge in [0.25, 0.3) is 0 Å². The van der Waals surface area contributed by atoms with Crippen LogP contribution in [0.15, 0.2) is 10.5 Å². The summed E-state index contributed by atoms with van der Waals surface area (Å²) < 4.78 is 1.23. The van der Waals surface area contributed by atoms with Crippen LogP contribution in [-0.2, 0) is 12.8 Å². The normalized spacial score (nSPS) is 19.5. The predicted octanol–water partition coefficient (Wildman–Crippen LogP) is 5.00. The summed E-state index contributed by atoms with van der Waals surface area (Å²) in [6.45, 7) is 2.18. The number of thiazole rings is 1. The lowest BCUT2D eigenvalue weighted by molar-refractivity contribution is 0.601. The largest absolute Gasteiger partial charge is 0.301 e. The summed E-state index contributed by atoms with van der Waals surface area (Å²) >= 11 is 7.49. The average molecular weight is 383 g/mol. The van der Waals surface area contributed by atoms with Gasteiger partial charge in [0.1, 0.15) is 5.01 Å². The minimum Gasteiger partial charge on any atom is -0.301 e. The molecule has 2 aromatic heterocycles. The number of nitrogens with one attached hydrogen (secondary N) is 1. The molecule has 2 nitrogen and oxygen atoms in total. The standard InChI is InChI=1S/C16H19BrN2S2/c1-9-11(17)8-14(20-9)15(18-10-6-7-10)16-19-12-4-2-3-5-13(12)21-16/h8,10,15,18H,2-7H2,1H3. The predicted molar refractivity (Wildman–Crippen MR) is 93.5 cm³/mol. The fourth-order valence-corrected chi connectivity index (χ4v) is 5.81. The summed E-state index contributed by atoms with van der Waals surface area (Å²) in [5, 5.41) is 5.09. The lowest BCUT2D eigenvalue weighted by Crippen LogP contribution is -2.23. The molecule has 2 aromatic rings. The van der Waals surface area contributed by atoms with Crippen LogP contribution in [0.5, 0.6) is 0 Å². The highest BCUT2D eigenvalue weighted by atomic mass is 79.9. The maximum atomic E-state index is 4.99. The Labute approximate surface area is 142 Å². The first-order valence-electron chi connectivity index (χ1n) is 7.71. The highest BCUT2D eigenvalue weighted by Gasteiger charge is 2.30. The van der Waals surface area contributed by atoms with Gasteiger partial charge in [0, 0.05) is 25.1 Å². The van der Waals surface area contributed by atoms with E-state index in [0.717, 1.165) is 0 Å². The number of hydrogen-bond donors (Lipinski definition) is 1. The third-order valence-corrected chi connectivity index (χ3v) is 7.67. The SMILES string of the molecule is Cc1sc(C(NC2CC2)c2nc3c(s2)CCCC3)cc1Br. The Morgan fingerprint density at radius 2 is 2.10 bits per heavy atom. The third-order valence-electron chi connectivity index (χ3n) is 4.25. The molecule has 2 aliphatic carbocycles. The van der Waals surface area contributed by atoms with Crippen LogP contribution in [0.4, 0.5) is 0 Å². The molecule has 4 rings (SSSR count). The Balaban J connectivity index is 1.69. The van der Waals surface area contributed by atoms with E-state index in [4.69, 9.17) is 4.98 Å². The molecular weight excluding hydrogens is 364 g/mol. The van der Waals surface area contributed by atoms with Gasteiger partial charge in [-0.3, -0.25) is 0 Å². The van der Waals surface area contributed by atoms with Crippen LogP contribution in [0, 0.1) is 6.92 Å². The van der Waals surface area contributed by atoms with Crippen molar-refractivity contribution in [2.75, 3.05) is 0 Å². The van der Waals surface area contributed by atoms with Crippen molar-refractivity contribution in [3.63, 3.8) is 0 Å². The first-order valence-corrected chi connectivity index (χ1v) is 10.1. The van der Waals surface area contributed by atoms with Gasteiger partial charge in [-0.1, -0.05) is 0 Å². The molecule has 112 valence electrons. The number of thiophene rings is 1. The lowest BCUT2D eigenvalue weighted by atomic mass is 10.0. The quantitative estimate of drug-likeness (QED) is 0.804. The van der Waals surface area contributed by atoms with E-state index in [2.05, 4.69) is 34.2 Å². The number of aromatic nitrogens is 1. The maximum absolute atomic E-state index is 4.99. The molecule has 0 amide bonds. The first kappa shape index (κ1) is 14.4. The van der Waals surface area contributed by atoms with E-state index >= 15 is 0 Å². The van der Waals surface area contributed by atoms with Gasteiger partial charge in [-0.15, -0.1) is 22.7 Å².